The number of carbonyl (C=O) groups is 1. The van der Waals surface area contributed by atoms with Gasteiger partial charge in [0.05, 0.1) is 4.47 Å². The molecule has 0 bridgehead atoms. The summed E-state index contributed by atoms with van der Waals surface area (Å²) >= 11 is 14.8. The largest absolute Gasteiger partial charge is 0.488 e. The average Bonchev–Trinajstić information content (AvgIpc) is 2.61. The molecule has 0 saturated carbocycles. The molecule has 0 amide bonds. The molecule has 2 aromatic carbocycles. The summed E-state index contributed by atoms with van der Waals surface area (Å²) in [5.41, 5.74) is 1.74. The zero-order valence-electron chi connectivity index (χ0n) is 14.3. The maximum absolute atomic E-state index is 11.5. The molecular weight excluding hydrogens is 457 g/mol. The predicted molar refractivity (Wildman–Crippen MR) is 110 cm³/mol. The number of hydrogen-bond acceptors (Lipinski definition) is 4. The molecule has 142 valence electrons. The second-order valence-electron chi connectivity index (χ2n) is 5.23. The molecular formula is C19H16BrCl2NO4. The zero-order chi connectivity index (χ0) is 19.8. The van der Waals surface area contributed by atoms with E-state index in [2.05, 4.69) is 21.1 Å². The molecule has 2 rings (SSSR count). The fourth-order valence-corrected chi connectivity index (χ4v) is 2.98. The Morgan fingerprint density at radius 3 is 2.63 bits per heavy atom. The Morgan fingerprint density at radius 1 is 1.26 bits per heavy atom. The van der Waals surface area contributed by atoms with Gasteiger partial charge >= 0.3 is 5.97 Å². The second kappa shape index (κ2) is 10.3. The molecule has 8 heteroatoms. The standard InChI is InChI=1S/C19H16BrCl2NO4/c1-2-27-23-18(19(24)25)14-6-4-3-5-13(14)11-26-16-8-7-12(9-15(16)20)10-17(21)22/h3-10H,2,11H2,1H3,(H,24,25)/b23-18+. The van der Waals surface area contributed by atoms with Crippen LogP contribution in [0.4, 0.5) is 0 Å². The molecule has 5 nitrogen and oxygen atoms in total. The van der Waals surface area contributed by atoms with Crippen LogP contribution in [0.5, 0.6) is 5.75 Å². The van der Waals surface area contributed by atoms with E-state index in [1.807, 2.05) is 6.07 Å². The fourth-order valence-electron chi connectivity index (χ4n) is 2.22. The molecule has 0 aliphatic carbocycles. The number of rotatable bonds is 8. The van der Waals surface area contributed by atoms with Crippen LogP contribution in [0, 0.1) is 0 Å². The van der Waals surface area contributed by atoms with Crippen LogP contribution in [0.15, 0.2) is 56.6 Å². The third-order valence-electron chi connectivity index (χ3n) is 3.37. The SMILES string of the molecule is CCO/N=C(/C(=O)O)c1ccccc1COc1ccc(C=C(Cl)Cl)cc1Br. The van der Waals surface area contributed by atoms with Crippen LogP contribution in [0.1, 0.15) is 23.6 Å². The maximum Gasteiger partial charge on any atom is 0.358 e. The topological polar surface area (TPSA) is 68.1 Å². The van der Waals surface area contributed by atoms with E-state index in [4.69, 9.17) is 32.8 Å². The fraction of sp³-hybridized carbons (Fsp3) is 0.158. The molecule has 0 fully saturated rings. The molecule has 0 heterocycles. The number of oxime groups is 1. The lowest BCUT2D eigenvalue weighted by molar-refractivity contribution is -0.129. The van der Waals surface area contributed by atoms with Crippen LogP contribution >= 0.6 is 39.1 Å². The lowest BCUT2D eigenvalue weighted by atomic mass is 10.0. The molecule has 27 heavy (non-hydrogen) atoms. The van der Waals surface area contributed by atoms with Crippen molar-refractivity contribution >= 4 is 56.9 Å². The van der Waals surface area contributed by atoms with E-state index in [1.54, 1.807) is 49.4 Å². The van der Waals surface area contributed by atoms with Gasteiger partial charge in [0.15, 0.2) is 5.71 Å². The van der Waals surface area contributed by atoms with Crippen LogP contribution in [0.3, 0.4) is 0 Å². The van der Waals surface area contributed by atoms with Crippen LogP contribution in [-0.2, 0) is 16.2 Å². The summed E-state index contributed by atoms with van der Waals surface area (Å²) in [5.74, 6) is -0.586. The normalized spacial score (nSPS) is 11.0. The van der Waals surface area contributed by atoms with Gasteiger partial charge in [0, 0.05) is 5.56 Å². The van der Waals surface area contributed by atoms with Gasteiger partial charge in [0.2, 0.25) is 0 Å². The van der Waals surface area contributed by atoms with Crippen molar-refractivity contribution in [2.24, 2.45) is 5.16 Å². The van der Waals surface area contributed by atoms with Crippen LogP contribution in [0.25, 0.3) is 6.08 Å². The lowest BCUT2D eigenvalue weighted by Crippen LogP contribution is -2.18. The number of halogens is 3. The number of carboxylic acids is 1. The summed E-state index contributed by atoms with van der Waals surface area (Å²) in [5, 5.41) is 13.1. The molecule has 0 aliphatic heterocycles. The van der Waals surface area contributed by atoms with Gasteiger partial charge in [-0.25, -0.2) is 4.79 Å². The van der Waals surface area contributed by atoms with Gasteiger partial charge < -0.3 is 14.7 Å². The highest BCUT2D eigenvalue weighted by Gasteiger charge is 2.18. The summed E-state index contributed by atoms with van der Waals surface area (Å²) in [7, 11) is 0. The summed E-state index contributed by atoms with van der Waals surface area (Å²) < 4.78 is 6.70. The summed E-state index contributed by atoms with van der Waals surface area (Å²) in [6.45, 7) is 2.15. The van der Waals surface area contributed by atoms with Crippen molar-refractivity contribution in [2.45, 2.75) is 13.5 Å². The van der Waals surface area contributed by atoms with Gasteiger partial charge in [0.1, 0.15) is 23.5 Å². The molecule has 0 unspecified atom stereocenters. The second-order valence-corrected chi connectivity index (χ2v) is 7.09. The van der Waals surface area contributed by atoms with Gasteiger partial charge in [-0.15, -0.1) is 0 Å². The minimum absolute atomic E-state index is 0.151. The van der Waals surface area contributed by atoms with E-state index in [0.717, 1.165) is 5.56 Å². The quantitative estimate of drug-likeness (QED) is 0.399. The van der Waals surface area contributed by atoms with Crippen molar-refractivity contribution < 1.29 is 19.5 Å². The van der Waals surface area contributed by atoms with E-state index >= 15 is 0 Å². The lowest BCUT2D eigenvalue weighted by Gasteiger charge is -2.12. The highest BCUT2D eigenvalue weighted by Crippen LogP contribution is 2.28. The average molecular weight is 473 g/mol. The van der Waals surface area contributed by atoms with Crippen LogP contribution in [0.2, 0.25) is 0 Å². The molecule has 0 atom stereocenters. The molecule has 0 aromatic heterocycles. The maximum atomic E-state index is 11.5. The monoisotopic (exact) mass is 471 g/mol. The van der Waals surface area contributed by atoms with E-state index in [1.165, 1.54) is 0 Å². The van der Waals surface area contributed by atoms with Gasteiger partial charge in [-0.05, 0) is 52.2 Å². The summed E-state index contributed by atoms with van der Waals surface area (Å²) in [6, 6.07) is 12.3. The zero-order valence-corrected chi connectivity index (χ0v) is 17.4. The molecule has 0 aliphatic rings. The Bertz CT molecular complexity index is 880. The first-order valence-electron chi connectivity index (χ1n) is 7.89. The minimum atomic E-state index is -1.17. The first-order valence-corrected chi connectivity index (χ1v) is 9.43. The van der Waals surface area contributed by atoms with Gasteiger partial charge in [-0.1, -0.05) is 58.7 Å². The number of aliphatic carboxylic acids is 1. The van der Waals surface area contributed by atoms with Gasteiger partial charge in [-0.3, -0.25) is 0 Å². The first kappa shape index (κ1) is 21.3. The highest BCUT2D eigenvalue weighted by molar-refractivity contribution is 9.10. The van der Waals surface area contributed by atoms with Crippen molar-refractivity contribution in [1.82, 2.24) is 0 Å². The molecule has 1 N–H and O–H groups in total. The van der Waals surface area contributed by atoms with Gasteiger partial charge in [0.25, 0.3) is 0 Å². The molecule has 0 spiro atoms. The molecule has 2 aromatic rings. The van der Waals surface area contributed by atoms with Crippen molar-refractivity contribution in [2.75, 3.05) is 6.61 Å². The highest BCUT2D eigenvalue weighted by atomic mass is 79.9. The number of benzene rings is 2. The van der Waals surface area contributed by atoms with Crippen LogP contribution in [-0.4, -0.2) is 23.4 Å². The van der Waals surface area contributed by atoms with E-state index in [9.17, 15) is 9.90 Å². The van der Waals surface area contributed by atoms with Crippen molar-refractivity contribution in [3.63, 3.8) is 0 Å². The Morgan fingerprint density at radius 2 is 2.00 bits per heavy atom. The number of carboxylic acid groups (broad SMARTS) is 1. The Labute approximate surface area is 175 Å². The summed E-state index contributed by atoms with van der Waals surface area (Å²) in [4.78, 5) is 16.5. The molecule has 0 radical (unpaired) electrons. The smallest absolute Gasteiger partial charge is 0.358 e. The van der Waals surface area contributed by atoms with E-state index in [0.29, 0.717) is 21.3 Å². The number of hydrogen-bond donors (Lipinski definition) is 1. The Kier molecular flexibility index (Phi) is 8.16. The van der Waals surface area contributed by atoms with Crippen molar-refractivity contribution in [1.29, 1.82) is 0 Å². The minimum Gasteiger partial charge on any atom is -0.488 e. The van der Waals surface area contributed by atoms with Crippen molar-refractivity contribution in [3.8, 4) is 5.75 Å². The van der Waals surface area contributed by atoms with Crippen molar-refractivity contribution in [3.05, 3.63) is 68.1 Å². The van der Waals surface area contributed by atoms with Crippen LogP contribution < -0.4 is 4.74 Å². The molecule has 0 saturated heterocycles. The Hall–Kier alpha value is -2.02. The van der Waals surface area contributed by atoms with E-state index < -0.39 is 5.97 Å². The third-order valence-corrected chi connectivity index (χ3v) is 4.21. The number of ether oxygens (including phenoxy) is 1. The first-order chi connectivity index (χ1) is 12.9. The predicted octanol–water partition coefficient (Wildman–Crippen LogP) is 5.63. The number of nitrogens with zero attached hydrogens (tertiary/aromatic N) is 1. The van der Waals surface area contributed by atoms with E-state index in [-0.39, 0.29) is 23.4 Å². The Balaban J connectivity index is 2.24. The summed E-state index contributed by atoms with van der Waals surface area (Å²) in [6.07, 6.45) is 1.61. The third kappa shape index (κ3) is 6.27. The van der Waals surface area contributed by atoms with Gasteiger partial charge in [-0.2, -0.15) is 0 Å².